The molecule has 2 amide bonds. The largest absolute Gasteiger partial charge is 0.384 e. The van der Waals surface area contributed by atoms with Gasteiger partial charge < -0.3 is 15.3 Å². The van der Waals surface area contributed by atoms with E-state index < -0.39 is 0 Å². The number of aliphatic hydroxyl groups excluding tert-OH is 1. The van der Waals surface area contributed by atoms with Crippen LogP contribution < -0.4 is 5.32 Å². The number of hydrogen-bond acceptors (Lipinski definition) is 4. The SMILES string of the molecule is CCCNC(=O)CN(C)C(=O)c1ncccc1C#CCO. The fourth-order valence-electron chi connectivity index (χ4n) is 1.60. The minimum absolute atomic E-state index is 0.0394. The van der Waals surface area contributed by atoms with Crippen LogP contribution in [0.3, 0.4) is 0 Å². The molecule has 6 nitrogen and oxygen atoms in total. The lowest BCUT2D eigenvalue weighted by molar-refractivity contribution is -0.121. The van der Waals surface area contributed by atoms with Gasteiger partial charge >= 0.3 is 0 Å². The van der Waals surface area contributed by atoms with Gasteiger partial charge in [-0.2, -0.15) is 0 Å². The molecule has 112 valence electrons. The van der Waals surface area contributed by atoms with Gasteiger partial charge in [-0.05, 0) is 18.6 Å². The molecule has 0 aliphatic carbocycles. The number of likely N-dealkylation sites (N-methyl/N-ethyl adjacent to an activating group) is 1. The minimum Gasteiger partial charge on any atom is -0.384 e. The van der Waals surface area contributed by atoms with Gasteiger partial charge in [0.05, 0.1) is 12.1 Å². The molecule has 0 unspecified atom stereocenters. The molecule has 1 rings (SSSR count). The highest BCUT2D eigenvalue weighted by atomic mass is 16.2. The second kappa shape index (κ2) is 8.72. The highest BCUT2D eigenvalue weighted by Gasteiger charge is 2.18. The van der Waals surface area contributed by atoms with E-state index in [0.29, 0.717) is 12.1 Å². The van der Waals surface area contributed by atoms with Crippen molar-refractivity contribution in [3.05, 3.63) is 29.6 Å². The van der Waals surface area contributed by atoms with Gasteiger partial charge in [-0.25, -0.2) is 4.98 Å². The third kappa shape index (κ3) is 5.24. The number of carbonyl (C=O) groups excluding carboxylic acids is 2. The molecule has 1 heterocycles. The first-order valence-electron chi connectivity index (χ1n) is 6.67. The van der Waals surface area contributed by atoms with Crippen molar-refractivity contribution in [2.24, 2.45) is 0 Å². The summed E-state index contributed by atoms with van der Waals surface area (Å²) in [6.07, 6.45) is 2.33. The Kier molecular flexibility index (Phi) is 6.92. The molecule has 0 spiro atoms. The molecule has 0 bridgehead atoms. The molecule has 0 radical (unpaired) electrons. The third-order valence-corrected chi connectivity index (χ3v) is 2.61. The molecule has 1 aromatic rings. The molecule has 6 heteroatoms. The number of hydrogen-bond donors (Lipinski definition) is 2. The van der Waals surface area contributed by atoms with Crippen molar-refractivity contribution in [3.63, 3.8) is 0 Å². The maximum atomic E-state index is 12.3. The normalized spacial score (nSPS) is 9.48. The molecular formula is C15H19N3O3. The topological polar surface area (TPSA) is 82.5 Å². The molecule has 21 heavy (non-hydrogen) atoms. The van der Waals surface area contributed by atoms with Crippen molar-refractivity contribution in [2.45, 2.75) is 13.3 Å². The van der Waals surface area contributed by atoms with Gasteiger partial charge in [0.25, 0.3) is 5.91 Å². The molecule has 0 aliphatic heterocycles. The number of amides is 2. The third-order valence-electron chi connectivity index (χ3n) is 2.61. The minimum atomic E-state index is -0.385. The molecule has 0 fully saturated rings. The zero-order valence-electron chi connectivity index (χ0n) is 12.2. The molecule has 0 aliphatic rings. The van der Waals surface area contributed by atoms with Crippen molar-refractivity contribution in [3.8, 4) is 11.8 Å². The lowest BCUT2D eigenvalue weighted by Crippen LogP contribution is -2.39. The van der Waals surface area contributed by atoms with Gasteiger partial charge in [0.2, 0.25) is 5.91 Å². The second-order valence-corrected chi connectivity index (χ2v) is 4.37. The van der Waals surface area contributed by atoms with Crippen molar-refractivity contribution >= 4 is 11.8 Å². The first kappa shape index (κ1) is 16.7. The number of pyridine rings is 1. The van der Waals surface area contributed by atoms with Crippen molar-refractivity contribution in [2.75, 3.05) is 26.7 Å². The van der Waals surface area contributed by atoms with Crippen LogP contribution in [-0.2, 0) is 4.79 Å². The molecule has 0 saturated heterocycles. The smallest absolute Gasteiger partial charge is 0.273 e. The van der Waals surface area contributed by atoms with Crippen molar-refractivity contribution in [1.82, 2.24) is 15.2 Å². The molecule has 1 aromatic heterocycles. The number of aromatic nitrogens is 1. The monoisotopic (exact) mass is 289 g/mol. The van der Waals surface area contributed by atoms with Crippen LogP contribution in [0.1, 0.15) is 29.4 Å². The van der Waals surface area contributed by atoms with Crippen molar-refractivity contribution in [1.29, 1.82) is 0 Å². The summed E-state index contributed by atoms with van der Waals surface area (Å²) in [6.45, 7) is 2.20. The summed E-state index contributed by atoms with van der Waals surface area (Å²) in [5, 5.41) is 11.4. The molecule has 0 aromatic carbocycles. The maximum absolute atomic E-state index is 12.3. The lowest BCUT2D eigenvalue weighted by Gasteiger charge is -2.16. The first-order valence-corrected chi connectivity index (χ1v) is 6.67. The number of carbonyl (C=O) groups is 2. The Hall–Kier alpha value is -2.39. The Balaban J connectivity index is 2.81. The summed E-state index contributed by atoms with van der Waals surface area (Å²) < 4.78 is 0. The van der Waals surface area contributed by atoms with Crippen LogP contribution in [0, 0.1) is 11.8 Å². The Labute approximate surface area is 124 Å². The van der Waals surface area contributed by atoms with E-state index in [2.05, 4.69) is 22.1 Å². The summed E-state index contributed by atoms with van der Waals surface area (Å²) in [5.74, 6) is 4.56. The van der Waals surface area contributed by atoms with E-state index in [0.717, 1.165) is 6.42 Å². The second-order valence-electron chi connectivity index (χ2n) is 4.37. The highest BCUT2D eigenvalue weighted by molar-refractivity contribution is 5.96. The Morgan fingerprint density at radius 1 is 1.48 bits per heavy atom. The molecular weight excluding hydrogens is 270 g/mol. The van der Waals surface area contributed by atoms with Crippen LogP contribution in [-0.4, -0.2) is 53.5 Å². The van der Waals surface area contributed by atoms with Crippen LogP contribution in [0.25, 0.3) is 0 Å². The van der Waals surface area contributed by atoms with E-state index in [9.17, 15) is 9.59 Å². The van der Waals surface area contributed by atoms with Gasteiger partial charge in [0.1, 0.15) is 12.3 Å². The summed E-state index contributed by atoms with van der Waals surface area (Å²) in [5.41, 5.74) is 0.599. The lowest BCUT2D eigenvalue weighted by atomic mass is 10.2. The van der Waals surface area contributed by atoms with Crippen LogP contribution in [0.2, 0.25) is 0 Å². The van der Waals surface area contributed by atoms with Gasteiger partial charge in [-0.3, -0.25) is 9.59 Å². The van der Waals surface area contributed by atoms with Crippen LogP contribution in [0.15, 0.2) is 18.3 Å². The van der Waals surface area contributed by atoms with Crippen LogP contribution >= 0.6 is 0 Å². The van der Waals surface area contributed by atoms with Crippen molar-refractivity contribution < 1.29 is 14.7 Å². The van der Waals surface area contributed by atoms with Gasteiger partial charge in [-0.1, -0.05) is 18.8 Å². The fraction of sp³-hybridized carbons (Fsp3) is 0.400. The zero-order chi connectivity index (χ0) is 15.7. The standard InChI is InChI=1S/C15H19N3O3/c1-3-8-16-13(20)11-18(2)15(21)14-12(7-5-10-19)6-4-9-17-14/h4,6,9,19H,3,8,10-11H2,1-2H3,(H,16,20). The summed E-state index contributed by atoms with van der Waals surface area (Å²) >= 11 is 0. The summed E-state index contributed by atoms with van der Waals surface area (Å²) in [6, 6.07) is 3.31. The molecule has 0 atom stereocenters. The average molecular weight is 289 g/mol. The van der Waals surface area contributed by atoms with Gasteiger partial charge in [0, 0.05) is 19.8 Å². The van der Waals surface area contributed by atoms with Gasteiger partial charge in [0.15, 0.2) is 0 Å². The van der Waals surface area contributed by atoms with E-state index in [1.54, 1.807) is 12.1 Å². The quantitative estimate of drug-likeness (QED) is 0.749. The molecule has 0 saturated carbocycles. The summed E-state index contributed by atoms with van der Waals surface area (Å²) in [4.78, 5) is 29.2. The maximum Gasteiger partial charge on any atom is 0.273 e. The van der Waals surface area contributed by atoms with Crippen LogP contribution in [0.4, 0.5) is 0 Å². The van der Waals surface area contributed by atoms with Gasteiger partial charge in [-0.15, -0.1) is 0 Å². The fourth-order valence-corrected chi connectivity index (χ4v) is 1.60. The summed E-state index contributed by atoms with van der Waals surface area (Å²) in [7, 11) is 1.53. The van der Waals surface area contributed by atoms with E-state index in [1.807, 2.05) is 6.92 Å². The van der Waals surface area contributed by atoms with E-state index >= 15 is 0 Å². The first-order chi connectivity index (χ1) is 10.1. The zero-order valence-corrected chi connectivity index (χ0v) is 12.2. The highest BCUT2D eigenvalue weighted by Crippen LogP contribution is 2.06. The average Bonchev–Trinajstić information content (AvgIpc) is 2.50. The number of aliphatic hydroxyl groups is 1. The van der Waals surface area contributed by atoms with Crippen LogP contribution in [0.5, 0.6) is 0 Å². The molecule has 2 N–H and O–H groups in total. The number of rotatable bonds is 5. The predicted octanol–water partition coefficient (Wildman–Crippen LogP) is 0.0236. The van der Waals surface area contributed by atoms with E-state index in [-0.39, 0.29) is 30.7 Å². The Morgan fingerprint density at radius 3 is 2.90 bits per heavy atom. The number of nitrogens with zero attached hydrogens (tertiary/aromatic N) is 2. The van der Waals surface area contributed by atoms with E-state index in [1.165, 1.54) is 18.1 Å². The Bertz CT molecular complexity index is 561. The van der Waals surface area contributed by atoms with E-state index in [4.69, 9.17) is 5.11 Å². The Morgan fingerprint density at radius 2 is 2.24 bits per heavy atom. The predicted molar refractivity (Wildman–Crippen MR) is 78.5 cm³/mol. The number of nitrogens with one attached hydrogen (secondary N) is 1.